The average molecular weight is 214 g/mol. The van der Waals surface area contributed by atoms with Gasteiger partial charge in [-0.25, -0.2) is 0 Å². The molecule has 0 aromatic carbocycles. The summed E-state index contributed by atoms with van der Waals surface area (Å²) in [5.41, 5.74) is 1.15. The summed E-state index contributed by atoms with van der Waals surface area (Å²) in [5, 5.41) is 12.6. The Bertz CT molecular complexity index is 299. The van der Waals surface area contributed by atoms with Gasteiger partial charge in [-0.05, 0) is 12.5 Å². The largest absolute Gasteiger partial charge is 0.481 e. The first kappa shape index (κ1) is 11.1. The normalized spacial score (nSPS) is 10.4. The fraction of sp³-hybridized carbons (Fsp3) is 0.556. The van der Waals surface area contributed by atoms with Crippen LogP contribution in [0.15, 0.2) is 12.4 Å². The Morgan fingerprint density at radius 3 is 3.07 bits per heavy atom. The maximum Gasteiger partial charge on any atom is 0.304 e. The zero-order valence-electron chi connectivity index (χ0n) is 8.14. The predicted octanol–water partition coefficient (Wildman–Crippen LogP) is 1.61. The molecule has 5 heteroatoms. The zero-order valence-corrected chi connectivity index (χ0v) is 8.96. The highest BCUT2D eigenvalue weighted by atomic mass is 32.2. The molecule has 4 nitrogen and oxygen atoms in total. The van der Waals surface area contributed by atoms with Crippen LogP contribution in [-0.2, 0) is 17.1 Å². The molecule has 78 valence electrons. The highest BCUT2D eigenvalue weighted by Crippen LogP contribution is 2.12. The lowest BCUT2D eigenvalue weighted by Crippen LogP contribution is -1.96. The van der Waals surface area contributed by atoms with Crippen LogP contribution in [0.4, 0.5) is 0 Å². The fourth-order valence-electron chi connectivity index (χ4n) is 1.00. The summed E-state index contributed by atoms with van der Waals surface area (Å²) < 4.78 is 1.87. The molecule has 0 spiro atoms. The second-order valence-electron chi connectivity index (χ2n) is 2.90. The number of aromatic nitrogens is 2. The molecule has 0 bridgehead atoms. The Kier molecular flexibility index (Phi) is 4.52. The topological polar surface area (TPSA) is 55.1 Å². The monoisotopic (exact) mass is 214 g/mol. The molecule has 0 unspecified atom stereocenters. The molecule has 14 heavy (non-hydrogen) atoms. The van der Waals surface area contributed by atoms with Gasteiger partial charge in [0.25, 0.3) is 0 Å². The Labute approximate surface area is 87.3 Å². The van der Waals surface area contributed by atoms with Gasteiger partial charge in [0.05, 0.1) is 12.6 Å². The number of carboxylic acid groups (broad SMARTS) is 1. The van der Waals surface area contributed by atoms with Crippen LogP contribution in [0, 0.1) is 0 Å². The van der Waals surface area contributed by atoms with E-state index in [2.05, 4.69) is 5.10 Å². The minimum absolute atomic E-state index is 0.229. The van der Waals surface area contributed by atoms with Crippen molar-refractivity contribution < 1.29 is 9.90 Å². The standard InChI is InChI=1S/C9H14N2O2S/c1-2-11-6-8(5-10-11)7-14-4-3-9(12)13/h5-6H,2-4,7H2,1H3,(H,12,13). The molecule has 0 saturated heterocycles. The Balaban J connectivity index is 2.21. The Morgan fingerprint density at radius 1 is 1.71 bits per heavy atom. The van der Waals surface area contributed by atoms with Crippen molar-refractivity contribution in [1.82, 2.24) is 9.78 Å². The van der Waals surface area contributed by atoms with Crippen LogP contribution in [0.25, 0.3) is 0 Å². The lowest BCUT2D eigenvalue weighted by atomic mass is 10.4. The maximum absolute atomic E-state index is 10.2. The highest BCUT2D eigenvalue weighted by Gasteiger charge is 1.99. The third-order valence-electron chi connectivity index (χ3n) is 1.74. The summed E-state index contributed by atoms with van der Waals surface area (Å²) in [6.45, 7) is 2.91. The van der Waals surface area contributed by atoms with Crippen molar-refractivity contribution >= 4 is 17.7 Å². The van der Waals surface area contributed by atoms with E-state index in [9.17, 15) is 4.79 Å². The number of thioether (sulfide) groups is 1. The van der Waals surface area contributed by atoms with Gasteiger partial charge >= 0.3 is 5.97 Å². The SMILES string of the molecule is CCn1cc(CSCCC(=O)O)cn1. The number of nitrogens with zero attached hydrogens (tertiary/aromatic N) is 2. The molecular weight excluding hydrogens is 200 g/mol. The quantitative estimate of drug-likeness (QED) is 0.731. The lowest BCUT2D eigenvalue weighted by molar-refractivity contribution is -0.136. The molecule has 0 fully saturated rings. The van der Waals surface area contributed by atoms with Crippen molar-refractivity contribution in [2.45, 2.75) is 25.6 Å². The van der Waals surface area contributed by atoms with Crippen LogP contribution in [0.1, 0.15) is 18.9 Å². The maximum atomic E-state index is 10.2. The minimum atomic E-state index is -0.734. The van der Waals surface area contributed by atoms with Gasteiger partial charge in [0.1, 0.15) is 0 Å². The zero-order chi connectivity index (χ0) is 10.4. The van der Waals surface area contributed by atoms with E-state index in [-0.39, 0.29) is 6.42 Å². The van der Waals surface area contributed by atoms with Crippen molar-refractivity contribution in [3.8, 4) is 0 Å². The number of aryl methyl sites for hydroxylation is 1. The molecule has 0 aliphatic rings. The molecule has 0 saturated carbocycles. The molecule has 1 aromatic rings. The van der Waals surface area contributed by atoms with Gasteiger partial charge < -0.3 is 5.11 Å². The number of aliphatic carboxylic acids is 1. The highest BCUT2D eigenvalue weighted by molar-refractivity contribution is 7.98. The predicted molar refractivity (Wildman–Crippen MR) is 56.3 cm³/mol. The fourth-order valence-corrected chi connectivity index (χ4v) is 1.85. The van der Waals surface area contributed by atoms with E-state index >= 15 is 0 Å². The smallest absolute Gasteiger partial charge is 0.304 e. The van der Waals surface area contributed by atoms with Gasteiger partial charge in [-0.3, -0.25) is 9.48 Å². The van der Waals surface area contributed by atoms with Crippen LogP contribution in [0.5, 0.6) is 0 Å². The van der Waals surface area contributed by atoms with Crippen molar-refractivity contribution in [3.05, 3.63) is 18.0 Å². The Morgan fingerprint density at radius 2 is 2.50 bits per heavy atom. The average Bonchev–Trinajstić information content (AvgIpc) is 2.60. The minimum Gasteiger partial charge on any atom is -0.481 e. The molecule has 0 atom stereocenters. The van der Waals surface area contributed by atoms with E-state index in [4.69, 9.17) is 5.11 Å². The first-order valence-electron chi connectivity index (χ1n) is 4.53. The van der Waals surface area contributed by atoms with E-state index in [1.54, 1.807) is 11.8 Å². The van der Waals surface area contributed by atoms with Crippen molar-refractivity contribution in [3.63, 3.8) is 0 Å². The van der Waals surface area contributed by atoms with E-state index in [0.29, 0.717) is 5.75 Å². The number of hydrogen-bond donors (Lipinski definition) is 1. The molecule has 1 rings (SSSR count). The van der Waals surface area contributed by atoms with E-state index < -0.39 is 5.97 Å². The second kappa shape index (κ2) is 5.70. The molecule has 0 radical (unpaired) electrons. The summed E-state index contributed by atoms with van der Waals surface area (Å²) in [7, 11) is 0. The van der Waals surface area contributed by atoms with Crippen molar-refractivity contribution in [1.29, 1.82) is 0 Å². The van der Waals surface area contributed by atoms with Crippen LogP contribution in [-0.4, -0.2) is 26.6 Å². The van der Waals surface area contributed by atoms with E-state index in [0.717, 1.165) is 17.9 Å². The second-order valence-corrected chi connectivity index (χ2v) is 4.01. The molecule has 1 aromatic heterocycles. The summed E-state index contributed by atoms with van der Waals surface area (Å²) >= 11 is 1.62. The third kappa shape index (κ3) is 3.83. The van der Waals surface area contributed by atoms with Gasteiger partial charge in [-0.1, -0.05) is 0 Å². The van der Waals surface area contributed by atoms with Crippen LogP contribution in [0.2, 0.25) is 0 Å². The number of carboxylic acids is 1. The third-order valence-corrected chi connectivity index (χ3v) is 2.77. The number of carbonyl (C=O) groups is 1. The van der Waals surface area contributed by atoms with Crippen molar-refractivity contribution in [2.75, 3.05) is 5.75 Å². The van der Waals surface area contributed by atoms with Gasteiger partial charge in [0.15, 0.2) is 0 Å². The van der Waals surface area contributed by atoms with Crippen molar-refractivity contribution in [2.24, 2.45) is 0 Å². The van der Waals surface area contributed by atoms with Gasteiger partial charge in [-0.15, -0.1) is 0 Å². The lowest BCUT2D eigenvalue weighted by Gasteiger charge is -1.96. The first-order valence-corrected chi connectivity index (χ1v) is 5.68. The van der Waals surface area contributed by atoms with E-state index in [1.165, 1.54) is 0 Å². The van der Waals surface area contributed by atoms with Gasteiger partial charge in [-0.2, -0.15) is 16.9 Å². The number of rotatable bonds is 6. The summed E-state index contributed by atoms with van der Waals surface area (Å²) in [6, 6.07) is 0. The van der Waals surface area contributed by atoms with E-state index in [1.807, 2.05) is 24.0 Å². The summed E-state index contributed by atoms with van der Waals surface area (Å²) in [6.07, 6.45) is 4.05. The Hall–Kier alpha value is -0.970. The van der Waals surface area contributed by atoms with Crippen LogP contribution in [0.3, 0.4) is 0 Å². The summed E-state index contributed by atoms with van der Waals surface area (Å²) in [5.74, 6) is 0.765. The van der Waals surface area contributed by atoms with Gasteiger partial charge in [0.2, 0.25) is 0 Å². The van der Waals surface area contributed by atoms with Crippen LogP contribution < -0.4 is 0 Å². The molecule has 0 aliphatic heterocycles. The molecular formula is C9H14N2O2S. The first-order chi connectivity index (χ1) is 6.72. The molecule has 0 amide bonds. The summed E-state index contributed by atoms with van der Waals surface area (Å²) in [4.78, 5) is 10.2. The van der Waals surface area contributed by atoms with Crippen LogP contribution >= 0.6 is 11.8 Å². The molecule has 1 heterocycles. The van der Waals surface area contributed by atoms with Gasteiger partial charge in [0, 0.05) is 24.2 Å². The number of hydrogen-bond acceptors (Lipinski definition) is 3. The molecule has 0 aliphatic carbocycles. The molecule has 1 N–H and O–H groups in total.